The van der Waals surface area contributed by atoms with E-state index < -0.39 is 18.4 Å². The van der Waals surface area contributed by atoms with E-state index in [9.17, 15) is 8.42 Å². The molecule has 14 heavy (non-hydrogen) atoms. The van der Waals surface area contributed by atoms with Gasteiger partial charge in [0.25, 0.3) is 10.1 Å². The normalized spacial score (nSPS) is 13.1. The van der Waals surface area contributed by atoms with E-state index in [-0.39, 0.29) is 6.61 Å². The maximum absolute atomic E-state index is 10.6. The number of hydrogen-bond acceptors (Lipinski definition) is 4. The highest BCUT2D eigenvalue weighted by Gasteiger charge is 2.13. The Labute approximate surface area is 87.9 Å². The summed E-state index contributed by atoms with van der Waals surface area (Å²) >= 11 is 0. The Morgan fingerprint density at radius 2 is 1.57 bits per heavy atom. The van der Waals surface area contributed by atoms with Crippen LogP contribution in [0.5, 0.6) is 0 Å². The van der Waals surface area contributed by atoms with Crippen LogP contribution in [-0.2, 0) is 18.7 Å². The van der Waals surface area contributed by atoms with Crippen LogP contribution in [-0.4, -0.2) is 36.2 Å². The molecule has 0 rings (SSSR count). The molecule has 0 aromatic heterocycles. The summed E-state index contributed by atoms with van der Waals surface area (Å²) in [5, 5.41) is 0. The molecule has 0 saturated heterocycles. The zero-order valence-electron chi connectivity index (χ0n) is 9.37. The maximum Gasteiger partial charge on any atom is 0.264 e. The molecule has 0 bridgehead atoms. The molecule has 0 aromatic rings. The molecule has 0 spiro atoms. The minimum atomic E-state index is -3.27. The maximum atomic E-state index is 10.6. The summed E-state index contributed by atoms with van der Waals surface area (Å²) in [6.07, 6.45) is 2.63. The second kappa shape index (κ2) is 5.84. The van der Waals surface area contributed by atoms with Crippen molar-refractivity contribution in [1.29, 1.82) is 0 Å². The molecule has 6 heteroatoms. The van der Waals surface area contributed by atoms with Gasteiger partial charge in [0.2, 0.25) is 0 Å². The second-order valence-electron chi connectivity index (χ2n) is 4.19. The Bertz CT molecular complexity index is 243. The molecule has 0 heterocycles. The quantitative estimate of drug-likeness (QED) is 0.385. The lowest BCUT2D eigenvalue weighted by Gasteiger charge is -2.16. The van der Waals surface area contributed by atoms with E-state index in [0.717, 1.165) is 19.1 Å². The monoisotopic (exact) mass is 240 g/mol. The molecule has 86 valence electrons. The lowest BCUT2D eigenvalue weighted by molar-refractivity contribution is 0.266. The molecule has 0 radical (unpaired) electrons. The molecule has 0 aliphatic heterocycles. The molecule has 0 aliphatic carbocycles. The predicted molar refractivity (Wildman–Crippen MR) is 59.3 cm³/mol. The Kier molecular flexibility index (Phi) is 5.88. The third-order valence-electron chi connectivity index (χ3n) is 1.37. The highest BCUT2D eigenvalue weighted by molar-refractivity contribution is 7.85. The van der Waals surface area contributed by atoms with E-state index in [1.807, 2.05) is 0 Å². The first-order valence-corrected chi connectivity index (χ1v) is 9.91. The fourth-order valence-corrected chi connectivity index (χ4v) is 1.97. The summed E-state index contributed by atoms with van der Waals surface area (Å²) in [6.45, 7) is 7.33. The molecular formula is C8H20O4SSi. The largest absolute Gasteiger partial charge is 0.418 e. The summed E-state index contributed by atoms with van der Waals surface area (Å²) in [7, 11) is -4.68. The first-order chi connectivity index (χ1) is 6.21. The molecule has 0 aromatic carbocycles. The van der Waals surface area contributed by atoms with Crippen LogP contribution in [0.25, 0.3) is 0 Å². The van der Waals surface area contributed by atoms with Crippen molar-refractivity contribution in [3.05, 3.63) is 0 Å². The summed E-state index contributed by atoms with van der Waals surface area (Å²) in [4.78, 5) is 0. The van der Waals surface area contributed by atoms with Crippen LogP contribution in [0.2, 0.25) is 19.6 Å². The van der Waals surface area contributed by atoms with Gasteiger partial charge in [0.1, 0.15) is 0 Å². The van der Waals surface area contributed by atoms with E-state index >= 15 is 0 Å². The van der Waals surface area contributed by atoms with Crippen LogP contribution in [0, 0.1) is 0 Å². The van der Waals surface area contributed by atoms with Gasteiger partial charge in [0.05, 0.1) is 12.9 Å². The van der Waals surface area contributed by atoms with Crippen LogP contribution < -0.4 is 0 Å². The molecule has 0 N–H and O–H groups in total. The van der Waals surface area contributed by atoms with Crippen molar-refractivity contribution in [3.63, 3.8) is 0 Å². The Morgan fingerprint density at radius 1 is 1.07 bits per heavy atom. The second-order valence-corrected chi connectivity index (χ2v) is 10.4. The van der Waals surface area contributed by atoms with E-state index in [4.69, 9.17) is 4.43 Å². The highest BCUT2D eigenvalue weighted by Crippen LogP contribution is 2.04. The van der Waals surface area contributed by atoms with Gasteiger partial charge >= 0.3 is 0 Å². The molecule has 0 atom stereocenters. The van der Waals surface area contributed by atoms with Crippen molar-refractivity contribution in [2.24, 2.45) is 0 Å². The van der Waals surface area contributed by atoms with Gasteiger partial charge in [0.15, 0.2) is 8.32 Å². The molecule has 0 fully saturated rings. The van der Waals surface area contributed by atoms with E-state index in [1.54, 1.807) is 0 Å². The number of rotatable bonds is 7. The average Bonchev–Trinajstić information content (AvgIpc) is 1.92. The Hall–Kier alpha value is 0.0869. The Morgan fingerprint density at radius 3 is 2.00 bits per heavy atom. The molecule has 0 amide bonds. The van der Waals surface area contributed by atoms with E-state index in [2.05, 4.69) is 23.8 Å². The van der Waals surface area contributed by atoms with Crippen LogP contribution in [0.15, 0.2) is 0 Å². The van der Waals surface area contributed by atoms with Gasteiger partial charge in [-0.15, -0.1) is 0 Å². The van der Waals surface area contributed by atoms with Crippen LogP contribution >= 0.6 is 0 Å². The molecular weight excluding hydrogens is 220 g/mol. The van der Waals surface area contributed by atoms with Crippen LogP contribution in [0.1, 0.15) is 12.8 Å². The SMILES string of the molecule is C[Si](C)(C)OCCCCOS(C)(=O)=O. The number of unbranched alkanes of at least 4 members (excludes halogenated alkanes) is 1. The number of hydrogen-bond donors (Lipinski definition) is 0. The topological polar surface area (TPSA) is 52.6 Å². The van der Waals surface area contributed by atoms with Crippen LogP contribution in [0.3, 0.4) is 0 Å². The third-order valence-corrected chi connectivity index (χ3v) is 3.04. The summed E-state index contributed by atoms with van der Waals surface area (Å²) in [6, 6.07) is 0. The highest BCUT2D eigenvalue weighted by atomic mass is 32.2. The first kappa shape index (κ1) is 14.1. The van der Waals surface area contributed by atoms with Crippen molar-refractivity contribution in [2.75, 3.05) is 19.5 Å². The molecule has 0 saturated carbocycles. The lowest BCUT2D eigenvalue weighted by Crippen LogP contribution is -2.25. The van der Waals surface area contributed by atoms with Gasteiger partial charge in [-0.1, -0.05) is 0 Å². The van der Waals surface area contributed by atoms with E-state index in [0.29, 0.717) is 6.61 Å². The predicted octanol–water partition coefficient (Wildman–Crippen LogP) is 1.59. The molecule has 4 nitrogen and oxygen atoms in total. The van der Waals surface area contributed by atoms with Gasteiger partial charge in [-0.2, -0.15) is 8.42 Å². The first-order valence-electron chi connectivity index (χ1n) is 4.69. The summed E-state index contributed by atoms with van der Waals surface area (Å²) in [5.41, 5.74) is 0. The van der Waals surface area contributed by atoms with E-state index in [1.165, 1.54) is 0 Å². The Balaban J connectivity index is 3.32. The average molecular weight is 240 g/mol. The molecule has 0 aliphatic rings. The minimum Gasteiger partial charge on any atom is -0.418 e. The van der Waals surface area contributed by atoms with Gasteiger partial charge in [0, 0.05) is 6.61 Å². The van der Waals surface area contributed by atoms with Gasteiger partial charge in [-0.25, -0.2) is 0 Å². The minimum absolute atomic E-state index is 0.258. The van der Waals surface area contributed by atoms with Crippen molar-refractivity contribution in [2.45, 2.75) is 32.5 Å². The lowest BCUT2D eigenvalue weighted by atomic mass is 10.3. The molecule has 0 unspecified atom stereocenters. The van der Waals surface area contributed by atoms with Crippen molar-refractivity contribution in [1.82, 2.24) is 0 Å². The third kappa shape index (κ3) is 12.1. The zero-order chi connectivity index (χ0) is 11.2. The van der Waals surface area contributed by atoms with Gasteiger partial charge in [-0.3, -0.25) is 4.18 Å². The standard InChI is InChI=1S/C8H20O4SSi/c1-13(9,10)11-7-5-6-8-12-14(2,3)4/h5-8H2,1-4H3. The fraction of sp³-hybridized carbons (Fsp3) is 1.00. The van der Waals surface area contributed by atoms with Crippen LogP contribution in [0.4, 0.5) is 0 Å². The van der Waals surface area contributed by atoms with Crippen molar-refractivity contribution < 1.29 is 17.0 Å². The summed E-state index contributed by atoms with van der Waals surface area (Å²) in [5.74, 6) is 0. The zero-order valence-corrected chi connectivity index (χ0v) is 11.2. The summed E-state index contributed by atoms with van der Waals surface area (Å²) < 4.78 is 31.3. The van der Waals surface area contributed by atoms with Crippen molar-refractivity contribution in [3.8, 4) is 0 Å². The van der Waals surface area contributed by atoms with Gasteiger partial charge < -0.3 is 4.43 Å². The van der Waals surface area contributed by atoms with Gasteiger partial charge in [-0.05, 0) is 32.5 Å². The van der Waals surface area contributed by atoms with Crippen molar-refractivity contribution >= 4 is 18.4 Å². The smallest absolute Gasteiger partial charge is 0.264 e. The fourth-order valence-electron chi connectivity index (χ4n) is 0.793.